The molecule has 15 aromatic rings. The van der Waals surface area contributed by atoms with Gasteiger partial charge < -0.3 is 114 Å². The number of nitrogens with two attached hydrogens (primary N) is 11. The van der Waals surface area contributed by atoms with Crippen molar-refractivity contribution >= 4 is 327 Å². The Kier molecular flexibility index (Phi) is 32.0. The molecule has 23 rings (SSSR count). The van der Waals surface area contributed by atoms with Crippen molar-refractivity contribution in [2.24, 2.45) is 22.9 Å². The van der Waals surface area contributed by atoms with Crippen LogP contribution in [0, 0.1) is 0 Å². The number of hydrogen-bond donors (Lipinski definition) is 15. The zero-order valence-corrected chi connectivity index (χ0v) is 91.3. The van der Waals surface area contributed by atoms with Crippen LogP contribution in [0.2, 0.25) is 15.1 Å². The third-order valence-corrected chi connectivity index (χ3v) is 32.7. The van der Waals surface area contributed by atoms with Crippen LogP contribution < -0.4 is 114 Å². The number of rotatable bonds is 10. The van der Waals surface area contributed by atoms with Gasteiger partial charge in [0.1, 0.15) is 118 Å². The quantitative estimate of drug-likeness (QED) is 0.0604. The van der Waals surface area contributed by atoms with E-state index in [0.29, 0.717) is 109 Å². The summed E-state index contributed by atoms with van der Waals surface area (Å²) in [6.45, 7) is 14.5. The van der Waals surface area contributed by atoms with Gasteiger partial charge in [-0.3, -0.25) is 0 Å². The fraction of sp³-hybridized carbons (Fsp3) is 0.400. The molecule has 42 nitrogen and oxygen atoms in total. The van der Waals surface area contributed by atoms with E-state index in [2.05, 4.69) is 278 Å². The van der Waals surface area contributed by atoms with Gasteiger partial charge in [-0.2, -0.15) is 67.3 Å². The van der Waals surface area contributed by atoms with Gasteiger partial charge >= 0.3 is 0 Å². The first-order chi connectivity index (χ1) is 65.4. The van der Waals surface area contributed by atoms with Gasteiger partial charge in [-0.15, -0.1) is 0 Å². The van der Waals surface area contributed by atoms with Gasteiger partial charge in [0.25, 0.3) is 0 Å². The van der Waals surface area contributed by atoms with Crippen LogP contribution in [-0.4, -0.2) is 249 Å². The van der Waals surface area contributed by atoms with Crippen LogP contribution in [0.25, 0.3) is 39.5 Å². The number of fused-ring (bicyclic) bond motifs is 9. The first kappa shape index (κ1) is 100. The molecule has 0 amide bonds. The summed E-state index contributed by atoms with van der Waals surface area (Å²) < 4.78 is 19.2. The van der Waals surface area contributed by atoms with Gasteiger partial charge in [-0.1, -0.05) is 64.8 Å². The van der Waals surface area contributed by atoms with Crippen molar-refractivity contribution < 1.29 is 0 Å². The summed E-state index contributed by atoms with van der Waals surface area (Å²) in [5.41, 5.74) is 71.3. The summed E-state index contributed by atoms with van der Waals surface area (Å²) >= 11 is 54.9. The highest BCUT2D eigenvalue weighted by molar-refractivity contribution is 9.12. The number of anilines is 14. The number of piperazine rings is 2. The maximum absolute atomic E-state index is 6.27. The standard InChI is InChI=1S/C16H17BrN6S.C12H16Br2N6.C11H12Br2N6.C11H14Br2N6.C10H12Br2N6.C10H12BrClN6.C10H12Cl2N6/c17-13-14(19)23-15(21-16(13)22-7-6-10(18)9-22)12(8-20-23)24-11-4-2-1-3-5-11;13-8-5-17-20-10(16)9(14)11(19-12(8)20)18-7-3-1-6(15)2-4-7;12-7-3-16-19-9(14)8(13)11(17-10(7)19)18-4-5-1-6(18)2-15-5;12-7-6-16-19-9(14)8(13)11(17-10(7)19)18-4-1-2-15-3-5-18;11-6-5-15-18-8(13)7(12)10(16-9(6)18)17-3-1-14-2-4-17;11-7-8(14)18-9(6(12)3-15-18)16-10(7)17-2-1-5(13)4-17;11-6-3-15-18-8(14)7(12)10(16-9(6)18)17-2-1-5(13)4-17/h1-5,8,10H,6-7,9,18-19H2;5-7H,1-4,15-16H2,(H,18,19);3,5-6,15H,1-2,4,14H2;6,15H,1-5,14H2;5,14H,1-4,13H2;2*3,5H,1-2,4,13-14H2/t10-;;5-,6-;;;2*5-/m0.0..00/s1. The minimum atomic E-state index is 0.140. The molecule has 21 heterocycles. The zero-order chi connectivity index (χ0) is 95.9. The summed E-state index contributed by atoms with van der Waals surface area (Å²) in [4.78, 5) is 47.7. The van der Waals surface area contributed by atoms with Crippen LogP contribution in [0.5, 0.6) is 0 Å². The number of aromatic nitrogens is 21. The van der Waals surface area contributed by atoms with Crippen molar-refractivity contribution in [2.75, 3.05) is 180 Å². The number of nitrogens with one attached hydrogen (secondary N) is 4. The molecule has 26 N–H and O–H groups in total. The molecule has 1 aromatic carbocycles. The van der Waals surface area contributed by atoms with Crippen molar-refractivity contribution in [1.29, 1.82) is 0 Å². The monoisotopic (exact) mass is 2570 g/mol. The minimum absolute atomic E-state index is 0.140. The fourth-order valence-electron chi connectivity index (χ4n) is 16.9. The minimum Gasteiger partial charge on any atom is -0.383 e. The number of halogens is 13. The van der Waals surface area contributed by atoms with Crippen LogP contribution in [0.1, 0.15) is 57.8 Å². The Bertz CT molecular complexity index is 6630. The SMILES string of the molecule is Nc1c(Br)c(N2CCCNCC2)nc2c(Br)cnn12.Nc1c(Br)c(N2CCNCC2)nc2c(Br)cnn12.Nc1c(Br)c(N2CC[C@H](N)C2)nc2c(Cl)cnn12.Nc1c(Br)c(N2CC[C@H](N)C2)nc2c(Sc3ccccc3)cnn12.Nc1c(Br)c(N2C[C@@H]3C[C@H]2CN3)nc2c(Br)cnn12.Nc1c(Br)c(NC2CCC(N)CC2)nc2c(Br)cnn12.Nc1c(Cl)c(N2CC[C@H](N)C2)nc2c(Cl)cnn12. The Labute approximate surface area is 881 Å². The van der Waals surface area contributed by atoms with Crippen LogP contribution in [0.3, 0.4) is 0 Å². The maximum Gasteiger partial charge on any atom is 0.178 e. The van der Waals surface area contributed by atoms with Crippen LogP contribution in [-0.2, 0) is 0 Å². The molecule has 136 heavy (non-hydrogen) atoms. The molecule has 5 atom stereocenters. The van der Waals surface area contributed by atoms with Crippen molar-refractivity contribution in [3.63, 3.8) is 0 Å². The van der Waals surface area contributed by atoms with E-state index in [9.17, 15) is 0 Å². The molecule has 1 saturated carbocycles. The lowest BCUT2D eigenvalue weighted by molar-refractivity contribution is 0.410. The molecule has 0 radical (unpaired) electrons. The Morgan fingerprint density at radius 2 is 0.735 bits per heavy atom. The third-order valence-electron chi connectivity index (χ3n) is 24.0. The molecule has 0 spiro atoms. The van der Waals surface area contributed by atoms with Crippen molar-refractivity contribution in [3.05, 3.63) is 134 Å². The fourth-order valence-corrected chi connectivity index (χ4v) is 22.6. The van der Waals surface area contributed by atoms with Gasteiger partial charge in [-0.05, 0) is 236 Å². The molecule has 722 valence electrons. The zero-order valence-electron chi connectivity index (χ0n) is 72.4. The van der Waals surface area contributed by atoms with Gasteiger partial charge in [0, 0.05) is 145 Å². The molecule has 0 unspecified atom stereocenters. The Morgan fingerprint density at radius 3 is 1.19 bits per heavy atom. The van der Waals surface area contributed by atoms with E-state index in [4.69, 9.17) is 108 Å². The maximum atomic E-state index is 6.27. The number of nitrogen functional groups attached to an aromatic ring is 7. The molecule has 14 aromatic heterocycles. The molecule has 56 heteroatoms. The van der Waals surface area contributed by atoms with Crippen molar-refractivity contribution in [1.82, 2.24) is 118 Å². The molecule has 7 saturated heterocycles. The normalized spacial score (nSPS) is 19.9. The lowest BCUT2D eigenvalue weighted by Crippen LogP contribution is -2.44. The second-order valence-electron chi connectivity index (χ2n) is 33.2. The van der Waals surface area contributed by atoms with Crippen LogP contribution in [0.4, 0.5) is 81.5 Å². The highest BCUT2D eigenvalue weighted by atomic mass is 79.9. The average Bonchev–Trinajstić information content (AvgIpc) is 1.63. The van der Waals surface area contributed by atoms with E-state index in [-0.39, 0.29) is 18.1 Å². The number of nitrogens with zero attached hydrogens (tertiary/aromatic N) is 27. The Balaban J connectivity index is 0.000000110. The predicted octanol–water partition coefficient (Wildman–Crippen LogP) is 12.0. The van der Waals surface area contributed by atoms with E-state index >= 15 is 0 Å². The lowest BCUT2D eigenvalue weighted by Gasteiger charge is -2.29. The molecular weight excluding hydrogens is 2490 g/mol. The number of hydrogen-bond acceptors (Lipinski definition) is 36. The van der Waals surface area contributed by atoms with Gasteiger partial charge in [-0.25, -0.2) is 34.9 Å². The second-order valence-corrected chi connectivity index (χ2v) is 43.7. The molecule has 7 aliphatic heterocycles. The summed E-state index contributed by atoms with van der Waals surface area (Å²) in [5.74, 6) is 9.31. The summed E-state index contributed by atoms with van der Waals surface area (Å²) in [6.07, 6.45) is 21.0. The molecule has 1 aliphatic carbocycles. The van der Waals surface area contributed by atoms with Gasteiger partial charge in [0.15, 0.2) is 45.3 Å². The largest absolute Gasteiger partial charge is 0.383 e. The van der Waals surface area contributed by atoms with Crippen LogP contribution in [0.15, 0.2) is 128 Å². The molecule has 8 fully saturated rings. The topological polar surface area (TPSA) is 565 Å². The highest BCUT2D eigenvalue weighted by Gasteiger charge is 2.40. The average molecular weight is 2580 g/mol. The summed E-state index contributed by atoms with van der Waals surface area (Å²) in [7, 11) is 0. The number of benzene rings is 1. The molecule has 2 bridgehead atoms. The third kappa shape index (κ3) is 21.2. The predicted molar refractivity (Wildman–Crippen MR) is 575 cm³/mol. The van der Waals surface area contributed by atoms with E-state index in [1.165, 1.54) is 27.8 Å². The Hall–Kier alpha value is -7.50. The summed E-state index contributed by atoms with van der Waals surface area (Å²) in [5, 5.41) is 44.3. The van der Waals surface area contributed by atoms with E-state index in [1.807, 2.05) is 29.3 Å². The first-order valence-corrected chi connectivity index (χ1v) is 53.1. The molecule has 8 aliphatic rings. The lowest BCUT2D eigenvalue weighted by atomic mass is 9.92. The van der Waals surface area contributed by atoms with E-state index in [0.717, 1.165) is 262 Å². The Morgan fingerprint density at radius 1 is 0.360 bits per heavy atom. The van der Waals surface area contributed by atoms with E-state index < -0.39 is 0 Å². The molecular formula is C80H95Br10Cl3N42S. The van der Waals surface area contributed by atoms with Gasteiger partial charge in [0.05, 0.1) is 66.2 Å². The smallest absolute Gasteiger partial charge is 0.178 e. The first-order valence-electron chi connectivity index (χ1n) is 43.3. The van der Waals surface area contributed by atoms with Crippen molar-refractivity contribution in [2.45, 2.75) is 110 Å². The van der Waals surface area contributed by atoms with E-state index in [1.54, 1.807) is 59.1 Å². The highest BCUT2D eigenvalue weighted by Crippen LogP contribution is 2.43. The van der Waals surface area contributed by atoms with Gasteiger partial charge in [0.2, 0.25) is 0 Å². The van der Waals surface area contributed by atoms with Crippen LogP contribution >= 0.6 is 206 Å². The summed E-state index contributed by atoms with van der Waals surface area (Å²) in [6, 6.07) is 12.5. The van der Waals surface area contributed by atoms with Crippen molar-refractivity contribution in [3.8, 4) is 0 Å². The second kappa shape index (κ2) is 43.5.